The molecule has 0 spiro atoms. The molecular weight excluding hydrogens is 136 g/mol. The molecule has 0 saturated heterocycles. The Morgan fingerprint density at radius 1 is 1.45 bits per heavy atom. The maximum absolute atomic E-state index is 10.3. The molecule has 0 heterocycles. The normalized spacial score (nSPS) is 13.4. The van der Waals surface area contributed by atoms with Gasteiger partial charge in [-0.3, -0.25) is 4.79 Å². The molecule has 0 aliphatic carbocycles. The van der Waals surface area contributed by atoms with Gasteiger partial charge in [-0.2, -0.15) is 0 Å². The summed E-state index contributed by atoms with van der Waals surface area (Å²) in [4.78, 5) is 10.3. The predicted octanol–water partition coefficient (Wildman–Crippen LogP) is 2.29. The summed E-state index contributed by atoms with van der Waals surface area (Å²) < 4.78 is 7.57. The second-order valence-corrected chi connectivity index (χ2v) is 2.29. The summed E-state index contributed by atoms with van der Waals surface area (Å²) in [5.74, 6) is 0. The molecule has 0 aromatic heterocycles. The SMILES string of the molecule is [2H]C(=C(C)C=O)c1ccccc1. The van der Waals surface area contributed by atoms with Crippen LogP contribution >= 0.6 is 0 Å². The molecule has 1 heteroatoms. The minimum absolute atomic E-state index is 0.297. The Hall–Kier alpha value is -1.37. The lowest BCUT2D eigenvalue weighted by molar-refractivity contribution is -0.104. The fourth-order valence-electron chi connectivity index (χ4n) is 0.779. The highest BCUT2D eigenvalue weighted by Crippen LogP contribution is 2.03. The third kappa shape index (κ3) is 2.38. The van der Waals surface area contributed by atoms with Gasteiger partial charge in [-0.15, -0.1) is 0 Å². The predicted molar refractivity (Wildman–Crippen MR) is 46.2 cm³/mol. The first kappa shape index (κ1) is 6.35. The maximum atomic E-state index is 10.3. The molecule has 0 aliphatic heterocycles. The molecule has 0 aliphatic rings. The topological polar surface area (TPSA) is 17.1 Å². The van der Waals surface area contributed by atoms with Gasteiger partial charge < -0.3 is 0 Å². The number of allylic oxidation sites excluding steroid dienone is 1. The van der Waals surface area contributed by atoms with Crippen molar-refractivity contribution in [1.82, 2.24) is 0 Å². The van der Waals surface area contributed by atoms with Gasteiger partial charge in [0.15, 0.2) is 0 Å². The average Bonchev–Trinajstić information content (AvgIpc) is 2.17. The molecule has 0 fully saturated rings. The molecule has 0 saturated carbocycles. The van der Waals surface area contributed by atoms with Gasteiger partial charge in [0, 0.05) is 0 Å². The Balaban J connectivity index is 3.08. The third-order valence-electron chi connectivity index (χ3n) is 1.29. The Morgan fingerprint density at radius 2 is 2.09 bits per heavy atom. The first-order valence-electron chi connectivity index (χ1n) is 3.94. The number of carbonyl (C=O) groups excluding carboxylic acids is 1. The zero-order valence-corrected chi connectivity index (χ0v) is 6.37. The lowest BCUT2D eigenvalue weighted by Crippen LogP contribution is -1.76. The molecule has 0 N–H and O–H groups in total. The van der Waals surface area contributed by atoms with E-state index in [2.05, 4.69) is 0 Å². The van der Waals surface area contributed by atoms with Gasteiger partial charge in [0.2, 0.25) is 0 Å². The van der Waals surface area contributed by atoms with Crippen molar-refractivity contribution in [2.75, 3.05) is 0 Å². The van der Waals surface area contributed by atoms with Crippen LogP contribution in [-0.2, 0) is 4.79 Å². The van der Waals surface area contributed by atoms with Crippen molar-refractivity contribution in [1.29, 1.82) is 0 Å². The molecular formula is C10H10O. The minimum atomic E-state index is 0.297. The molecule has 0 radical (unpaired) electrons. The van der Waals surface area contributed by atoms with E-state index in [1.165, 1.54) is 0 Å². The molecule has 1 aromatic rings. The second-order valence-electron chi connectivity index (χ2n) is 2.29. The van der Waals surface area contributed by atoms with Crippen LogP contribution in [0.2, 0.25) is 0 Å². The summed E-state index contributed by atoms with van der Waals surface area (Å²) in [6.45, 7) is 1.64. The first-order valence-corrected chi connectivity index (χ1v) is 3.44. The summed E-state index contributed by atoms with van der Waals surface area (Å²) >= 11 is 0. The minimum Gasteiger partial charge on any atom is -0.298 e. The second kappa shape index (κ2) is 3.71. The molecule has 56 valence electrons. The Bertz CT molecular complexity index is 301. The maximum Gasteiger partial charge on any atom is 0.145 e. The summed E-state index contributed by atoms with van der Waals surface area (Å²) in [6.07, 6.45) is 0.704. The summed E-state index contributed by atoms with van der Waals surface area (Å²) in [5.41, 5.74) is 1.24. The zero-order chi connectivity index (χ0) is 8.97. The monoisotopic (exact) mass is 147 g/mol. The van der Waals surface area contributed by atoms with Crippen molar-refractivity contribution in [2.45, 2.75) is 6.92 Å². The molecule has 0 bridgehead atoms. The molecule has 11 heavy (non-hydrogen) atoms. The lowest BCUT2D eigenvalue weighted by Gasteiger charge is -1.90. The van der Waals surface area contributed by atoms with E-state index < -0.39 is 0 Å². The van der Waals surface area contributed by atoms with Crippen LogP contribution < -0.4 is 0 Å². The molecule has 0 amide bonds. The molecule has 0 atom stereocenters. The summed E-state index contributed by atoms with van der Waals surface area (Å²) in [5, 5.41) is 0. The number of benzene rings is 1. The smallest absolute Gasteiger partial charge is 0.145 e. The van der Waals surface area contributed by atoms with E-state index in [4.69, 9.17) is 1.37 Å². The van der Waals surface area contributed by atoms with Crippen molar-refractivity contribution in [3.8, 4) is 0 Å². The van der Waals surface area contributed by atoms with Gasteiger partial charge in [-0.05, 0) is 24.1 Å². The Morgan fingerprint density at radius 3 is 2.64 bits per heavy atom. The number of hydrogen-bond donors (Lipinski definition) is 0. The van der Waals surface area contributed by atoms with E-state index in [0.717, 1.165) is 5.56 Å². The van der Waals surface area contributed by atoms with Gasteiger partial charge >= 0.3 is 0 Å². The number of aldehydes is 1. The van der Waals surface area contributed by atoms with E-state index in [0.29, 0.717) is 17.9 Å². The van der Waals surface area contributed by atoms with Gasteiger partial charge in [-0.1, -0.05) is 30.3 Å². The van der Waals surface area contributed by atoms with Crippen LogP contribution in [0.25, 0.3) is 6.05 Å². The van der Waals surface area contributed by atoms with Crippen LogP contribution in [-0.4, -0.2) is 6.29 Å². The highest BCUT2D eigenvalue weighted by Gasteiger charge is 1.85. The standard InChI is InChI=1S/C10H10O/c1-9(8-11)7-10-5-3-2-4-6-10/h2-8H,1H3/i7D. The van der Waals surface area contributed by atoms with Crippen LogP contribution in [0.4, 0.5) is 0 Å². The highest BCUT2D eigenvalue weighted by atomic mass is 16.1. The molecule has 1 rings (SSSR count). The van der Waals surface area contributed by atoms with Crippen LogP contribution in [0.15, 0.2) is 35.9 Å². The van der Waals surface area contributed by atoms with Crippen LogP contribution in [0.5, 0.6) is 0 Å². The van der Waals surface area contributed by atoms with Crippen molar-refractivity contribution < 1.29 is 6.17 Å². The van der Waals surface area contributed by atoms with Crippen molar-refractivity contribution in [3.63, 3.8) is 0 Å². The van der Waals surface area contributed by atoms with E-state index in [9.17, 15) is 4.79 Å². The lowest BCUT2D eigenvalue weighted by atomic mass is 10.1. The number of carbonyl (C=O) groups is 1. The third-order valence-corrected chi connectivity index (χ3v) is 1.29. The van der Waals surface area contributed by atoms with E-state index in [1.54, 1.807) is 6.92 Å². The van der Waals surface area contributed by atoms with Crippen LogP contribution in [0.1, 0.15) is 13.9 Å². The van der Waals surface area contributed by atoms with Gasteiger partial charge in [0.1, 0.15) is 6.29 Å². The Kier molecular flexibility index (Phi) is 2.14. The van der Waals surface area contributed by atoms with E-state index in [1.807, 2.05) is 30.3 Å². The van der Waals surface area contributed by atoms with E-state index >= 15 is 0 Å². The molecule has 1 nitrogen and oxygen atoms in total. The van der Waals surface area contributed by atoms with E-state index in [-0.39, 0.29) is 0 Å². The largest absolute Gasteiger partial charge is 0.298 e. The van der Waals surface area contributed by atoms with Crippen LogP contribution in [0.3, 0.4) is 0 Å². The Labute approximate surface area is 67.8 Å². The average molecular weight is 147 g/mol. The number of rotatable bonds is 2. The summed E-state index contributed by atoms with van der Waals surface area (Å²) in [7, 11) is 0. The fourth-order valence-corrected chi connectivity index (χ4v) is 0.779. The van der Waals surface area contributed by atoms with Gasteiger partial charge in [0.05, 0.1) is 1.37 Å². The van der Waals surface area contributed by atoms with Crippen molar-refractivity contribution in [3.05, 3.63) is 41.5 Å². The van der Waals surface area contributed by atoms with Gasteiger partial charge in [0.25, 0.3) is 0 Å². The summed E-state index contributed by atoms with van der Waals surface area (Å²) in [6, 6.07) is 9.51. The first-order chi connectivity index (χ1) is 5.75. The highest BCUT2D eigenvalue weighted by molar-refractivity contribution is 5.80. The quantitative estimate of drug-likeness (QED) is 0.463. The van der Waals surface area contributed by atoms with Crippen molar-refractivity contribution in [2.24, 2.45) is 0 Å². The fraction of sp³-hybridized carbons (Fsp3) is 0.100. The molecule has 1 aromatic carbocycles. The van der Waals surface area contributed by atoms with Crippen molar-refractivity contribution >= 4 is 12.3 Å². The zero-order valence-electron chi connectivity index (χ0n) is 7.37. The molecule has 0 unspecified atom stereocenters. The van der Waals surface area contributed by atoms with Crippen LogP contribution in [0, 0.1) is 0 Å². The number of hydrogen-bond acceptors (Lipinski definition) is 1. The van der Waals surface area contributed by atoms with Gasteiger partial charge in [-0.25, -0.2) is 0 Å².